The Hall–Kier alpha value is -1.42. The molecule has 19 heavy (non-hydrogen) atoms. The molecule has 1 unspecified atom stereocenters. The van der Waals surface area contributed by atoms with E-state index in [1.165, 1.54) is 6.07 Å². The molecule has 1 heterocycles. The first kappa shape index (κ1) is 14.0. The first-order chi connectivity index (χ1) is 8.99. The number of aliphatic hydroxyl groups is 1. The topological polar surface area (TPSA) is 40.5 Å². The van der Waals surface area contributed by atoms with Crippen LogP contribution in [0.1, 0.15) is 48.5 Å². The van der Waals surface area contributed by atoms with Crippen molar-refractivity contribution in [1.82, 2.24) is 4.90 Å². The number of piperidine rings is 1. The fourth-order valence-electron chi connectivity index (χ4n) is 2.45. The third-order valence-corrected chi connectivity index (χ3v) is 3.55. The molecule has 0 spiro atoms. The van der Waals surface area contributed by atoms with Crippen LogP contribution in [-0.2, 0) is 0 Å². The molecule has 1 N–H and O–H groups in total. The van der Waals surface area contributed by atoms with E-state index in [4.69, 9.17) is 0 Å². The Morgan fingerprint density at radius 2 is 2.21 bits per heavy atom. The highest BCUT2D eigenvalue weighted by Crippen LogP contribution is 2.21. The van der Waals surface area contributed by atoms with E-state index >= 15 is 0 Å². The molecule has 1 aromatic carbocycles. The summed E-state index contributed by atoms with van der Waals surface area (Å²) in [6, 6.07) is 4.65. The number of carbonyl (C=O) groups is 1. The molecular weight excluding hydrogens is 245 g/mol. The predicted molar refractivity (Wildman–Crippen MR) is 71.6 cm³/mol. The SMILES string of the molecule is CC(C)c1ccc(C(=O)N2CCCC(O)C2)cc1F. The standard InChI is InChI=1S/C15H20FNO2/c1-10(2)13-6-5-11(8-14(13)16)15(19)17-7-3-4-12(18)9-17/h5-6,8,10,12,18H,3-4,7,9H2,1-2H3. The quantitative estimate of drug-likeness (QED) is 0.892. The maximum absolute atomic E-state index is 13.9. The number of hydrogen-bond acceptors (Lipinski definition) is 2. The van der Waals surface area contributed by atoms with Crippen molar-refractivity contribution in [2.24, 2.45) is 0 Å². The van der Waals surface area contributed by atoms with E-state index in [1.807, 2.05) is 13.8 Å². The molecule has 104 valence electrons. The fraction of sp³-hybridized carbons (Fsp3) is 0.533. The number of aliphatic hydroxyl groups excluding tert-OH is 1. The lowest BCUT2D eigenvalue weighted by Gasteiger charge is -2.30. The van der Waals surface area contributed by atoms with Gasteiger partial charge in [0.15, 0.2) is 0 Å². The highest BCUT2D eigenvalue weighted by Gasteiger charge is 2.23. The van der Waals surface area contributed by atoms with Crippen LogP contribution in [0.5, 0.6) is 0 Å². The van der Waals surface area contributed by atoms with Gasteiger partial charge in [0.05, 0.1) is 6.10 Å². The van der Waals surface area contributed by atoms with E-state index in [-0.39, 0.29) is 17.6 Å². The average Bonchev–Trinajstić information content (AvgIpc) is 2.37. The van der Waals surface area contributed by atoms with Crippen molar-refractivity contribution in [2.75, 3.05) is 13.1 Å². The highest BCUT2D eigenvalue weighted by atomic mass is 19.1. The molecule has 4 heteroatoms. The van der Waals surface area contributed by atoms with Gasteiger partial charge in [-0.15, -0.1) is 0 Å². The number of rotatable bonds is 2. The zero-order chi connectivity index (χ0) is 14.0. The molecule has 2 rings (SSSR count). The molecule has 0 radical (unpaired) electrons. The van der Waals surface area contributed by atoms with Gasteiger partial charge in [-0.05, 0) is 36.5 Å². The third-order valence-electron chi connectivity index (χ3n) is 3.55. The Morgan fingerprint density at radius 3 is 2.79 bits per heavy atom. The number of β-amino-alcohol motifs (C(OH)–C–C–N with tert-alkyl or cyclic N) is 1. The molecule has 0 aliphatic carbocycles. The van der Waals surface area contributed by atoms with Crippen LogP contribution in [-0.4, -0.2) is 35.1 Å². The van der Waals surface area contributed by atoms with Crippen molar-refractivity contribution >= 4 is 5.91 Å². The van der Waals surface area contributed by atoms with E-state index in [0.717, 1.165) is 12.8 Å². The highest BCUT2D eigenvalue weighted by molar-refractivity contribution is 5.94. The molecule has 3 nitrogen and oxygen atoms in total. The molecule has 1 aliphatic rings. The second-order valence-corrected chi connectivity index (χ2v) is 5.44. The minimum Gasteiger partial charge on any atom is -0.391 e. The number of benzene rings is 1. The summed E-state index contributed by atoms with van der Waals surface area (Å²) < 4.78 is 13.9. The normalized spacial score (nSPS) is 19.8. The number of carbonyl (C=O) groups excluding carboxylic acids is 1. The zero-order valence-corrected chi connectivity index (χ0v) is 11.4. The van der Waals surface area contributed by atoms with Gasteiger partial charge in [-0.25, -0.2) is 4.39 Å². The lowest BCUT2D eigenvalue weighted by Crippen LogP contribution is -2.42. The molecule has 1 fully saturated rings. The second kappa shape index (κ2) is 5.70. The molecule has 1 saturated heterocycles. The second-order valence-electron chi connectivity index (χ2n) is 5.44. The smallest absolute Gasteiger partial charge is 0.254 e. The summed E-state index contributed by atoms with van der Waals surface area (Å²) in [5.41, 5.74) is 0.978. The van der Waals surface area contributed by atoms with E-state index < -0.39 is 6.10 Å². The Kier molecular flexibility index (Phi) is 4.20. The number of likely N-dealkylation sites (tertiary alicyclic amines) is 1. The Bertz CT molecular complexity index is 473. The average molecular weight is 265 g/mol. The van der Waals surface area contributed by atoms with Gasteiger partial charge >= 0.3 is 0 Å². The lowest BCUT2D eigenvalue weighted by atomic mass is 10.00. The maximum Gasteiger partial charge on any atom is 0.254 e. The number of nitrogens with zero attached hydrogens (tertiary/aromatic N) is 1. The Morgan fingerprint density at radius 1 is 1.47 bits per heavy atom. The molecule has 1 amide bonds. The summed E-state index contributed by atoms with van der Waals surface area (Å²) in [7, 11) is 0. The minimum atomic E-state index is -0.461. The van der Waals surface area contributed by atoms with Gasteiger partial charge in [0.1, 0.15) is 5.82 Å². The van der Waals surface area contributed by atoms with Crippen molar-refractivity contribution in [3.8, 4) is 0 Å². The molecule has 1 aliphatic heterocycles. The molecular formula is C15H20FNO2. The molecule has 0 saturated carbocycles. The van der Waals surface area contributed by atoms with E-state index in [0.29, 0.717) is 24.2 Å². The van der Waals surface area contributed by atoms with Crippen LogP contribution in [0, 0.1) is 5.82 Å². The molecule has 0 bridgehead atoms. The summed E-state index contributed by atoms with van der Waals surface area (Å²) >= 11 is 0. The number of halogens is 1. The summed E-state index contributed by atoms with van der Waals surface area (Å²) in [6.07, 6.45) is 1.06. The summed E-state index contributed by atoms with van der Waals surface area (Å²) in [5, 5.41) is 9.58. The number of amides is 1. The van der Waals surface area contributed by atoms with Crippen LogP contribution in [0.3, 0.4) is 0 Å². The maximum atomic E-state index is 13.9. The van der Waals surface area contributed by atoms with Gasteiger partial charge in [0.25, 0.3) is 5.91 Å². The van der Waals surface area contributed by atoms with Gasteiger partial charge in [-0.3, -0.25) is 4.79 Å². The van der Waals surface area contributed by atoms with E-state index in [9.17, 15) is 14.3 Å². The van der Waals surface area contributed by atoms with Gasteiger partial charge < -0.3 is 10.0 Å². The van der Waals surface area contributed by atoms with Crippen molar-refractivity contribution in [3.05, 3.63) is 35.1 Å². The monoisotopic (exact) mass is 265 g/mol. The van der Waals surface area contributed by atoms with Gasteiger partial charge in [-0.2, -0.15) is 0 Å². The fourth-order valence-corrected chi connectivity index (χ4v) is 2.45. The minimum absolute atomic E-state index is 0.0981. The Labute approximate surface area is 113 Å². The van der Waals surface area contributed by atoms with Crippen molar-refractivity contribution in [3.63, 3.8) is 0 Å². The van der Waals surface area contributed by atoms with E-state index in [2.05, 4.69) is 0 Å². The first-order valence-corrected chi connectivity index (χ1v) is 6.76. The van der Waals surface area contributed by atoms with Crippen molar-refractivity contribution in [2.45, 2.75) is 38.7 Å². The van der Waals surface area contributed by atoms with Crippen LogP contribution in [0.25, 0.3) is 0 Å². The zero-order valence-electron chi connectivity index (χ0n) is 11.4. The van der Waals surface area contributed by atoms with Gasteiger partial charge in [0.2, 0.25) is 0 Å². The largest absolute Gasteiger partial charge is 0.391 e. The van der Waals surface area contributed by atoms with Crippen LogP contribution >= 0.6 is 0 Å². The van der Waals surface area contributed by atoms with Crippen LogP contribution in [0.2, 0.25) is 0 Å². The predicted octanol–water partition coefficient (Wildman–Crippen LogP) is 2.55. The van der Waals surface area contributed by atoms with Gasteiger partial charge in [0, 0.05) is 18.7 Å². The van der Waals surface area contributed by atoms with E-state index in [1.54, 1.807) is 17.0 Å². The lowest BCUT2D eigenvalue weighted by molar-refractivity contribution is 0.0473. The molecule has 1 aromatic rings. The summed E-state index contributed by atoms with van der Waals surface area (Å²) in [6.45, 7) is 4.80. The summed E-state index contributed by atoms with van der Waals surface area (Å²) in [5.74, 6) is -0.438. The molecule has 0 aromatic heterocycles. The van der Waals surface area contributed by atoms with Crippen LogP contribution < -0.4 is 0 Å². The van der Waals surface area contributed by atoms with Crippen LogP contribution in [0.15, 0.2) is 18.2 Å². The van der Waals surface area contributed by atoms with Gasteiger partial charge in [-0.1, -0.05) is 19.9 Å². The first-order valence-electron chi connectivity index (χ1n) is 6.76. The Balaban J connectivity index is 2.17. The summed E-state index contributed by atoms with van der Waals surface area (Å²) in [4.78, 5) is 13.8. The third kappa shape index (κ3) is 3.13. The van der Waals surface area contributed by atoms with Crippen molar-refractivity contribution in [1.29, 1.82) is 0 Å². The number of hydrogen-bond donors (Lipinski definition) is 1. The molecule has 1 atom stereocenters. The van der Waals surface area contributed by atoms with Crippen molar-refractivity contribution < 1.29 is 14.3 Å². The van der Waals surface area contributed by atoms with Crippen LogP contribution in [0.4, 0.5) is 4.39 Å².